The number of aromatic nitrogens is 2. The highest BCUT2D eigenvalue weighted by Gasteiger charge is 2.23. The first kappa shape index (κ1) is 17.6. The molecule has 1 aromatic carbocycles. The van der Waals surface area contributed by atoms with Gasteiger partial charge in [-0.25, -0.2) is 9.97 Å². The van der Waals surface area contributed by atoms with E-state index in [1.54, 1.807) is 6.33 Å². The molecule has 2 heterocycles. The molecule has 0 saturated heterocycles. The van der Waals surface area contributed by atoms with Crippen LogP contribution in [0.2, 0.25) is 0 Å². The Hall–Kier alpha value is -2.18. The number of nitrogens with zero attached hydrogens (tertiary/aromatic N) is 4. The molecule has 0 radical (unpaired) electrons. The minimum atomic E-state index is -0.534. The van der Waals surface area contributed by atoms with E-state index in [9.17, 15) is 5.11 Å². The lowest BCUT2D eigenvalue weighted by Gasteiger charge is -2.31. The van der Waals surface area contributed by atoms with E-state index in [0.717, 1.165) is 47.9 Å². The van der Waals surface area contributed by atoms with E-state index in [0.29, 0.717) is 13.2 Å². The Morgan fingerprint density at radius 1 is 1.28 bits per heavy atom. The van der Waals surface area contributed by atoms with Gasteiger partial charge in [-0.1, -0.05) is 18.2 Å². The van der Waals surface area contributed by atoms with Gasteiger partial charge in [0.25, 0.3) is 0 Å². The summed E-state index contributed by atoms with van der Waals surface area (Å²) in [5, 5.41) is 10.4. The van der Waals surface area contributed by atoms with Gasteiger partial charge in [-0.15, -0.1) is 0 Å². The molecule has 6 heteroatoms. The summed E-state index contributed by atoms with van der Waals surface area (Å²) in [5.74, 6) is 1.79. The van der Waals surface area contributed by atoms with Gasteiger partial charge in [0.05, 0.1) is 5.69 Å². The van der Waals surface area contributed by atoms with Gasteiger partial charge < -0.3 is 14.7 Å². The third-order valence-corrected chi connectivity index (χ3v) is 4.48. The number of fused-ring (bicyclic) bond motifs is 1. The monoisotopic (exact) mass is 342 g/mol. The van der Waals surface area contributed by atoms with Crippen molar-refractivity contribution in [2.45, 2.75) is 26.0 Å². The van der Waals surface area contributed by atoms with E-state index in [2.05, 4.69) is 14.9 Å². The highest BCUT2D eigenvalue weighted by Crippen LogP contribution is 2.24. The molecule has 1 aliphatic heterocycles. The number of anilines is 1. The fourth-order valence-electron chi connectivity index (χ4n) is 3.18. The number of aryl methyl sites for hydroxylation is 1. The summed E-state index contributed by atoms with van der Waals surface area (Å²) in [6.45, 7) is 4.52. The predicted molar refractivity (Wildman–Crippen MR) is 98.0 cm³/mol. The first-order valence-corrected chi connectivity index (χ1v) is 8.63. The molecule has 1 aromatic heterocycles. The quantitative estimate of drug-likeness (QED) is 0.861. The van der Waals surface area contributed by atoms with Gasteiger partial charge in [-0.3, -0.25) is 4.90 Å². The van der Waals surface area contributed by atoms with Gasteiger partial charge in [0.15, 0.2) is 0 Å². The van der Waals surface area contributed by atoms with Gasteiger partial charge in [0, 0.05) is 45.7 Å². The van der Waals surface area contributed by atoms with Crippen LogP contribution in [0.3, 0.4) is 0 Å². The number of ether oxygens (including phenoxy) is 1. The van der Waals surface area contributed by atoms with Crippen LogP contribution in [-0.4, -0.2) is 59.9 Å². The summed E-state index contributed by atoms with van der Waals surface area (Å²) >= 11 is 0. The van der Waals surface area contributed by atoms with Crippen molar-refractivity contribution in [2.24, 2.45) is 0 Å². The number of rotatable bonds is 6. The van der Waals surface area contributed by atoms with Crippen molar-refractivity contribution in [2.75, 3.05) is 38.7 Å². The maximum absolute atomic E-state index is 10.4. The van der Waals surface area contributed by atoms with Crippen LogP contribution in [-0.2, 0) is 13.0 Å². The molecule has 0 aliphatic carbocycles. The van der Waals surface area contributed by atoms with Crippen LogP contribution in [0, 0.1) is 6.92 Å². The molecule has 0 bridgehead atoms. The topological polar surface area (TPSA) is 61.7 Å². The Balaban J connectivity index is 1.58. The molecule has 1 N–H and O–H groups in total. The van der Waals surface area contributed by atoms with Crippen molar-refractivity contribution < 1.29 is 9.84 Å². The molecule has 0 unspecified atom stereocenters. The second-order valence-corrected chi connectivity index (χ2v) is 6.73. The molecule has 3 rings (SSSR count). The number of aliphatic hydroxyl groups excluding tert-OH is 1. The number of para-hydroxylation sites is 1. The van der Waals surface area contributed by atoms with Crippen LogP contribution in [0.4, 0.5) is 5.82 Å². The largest absolute Gasteiger partial charge is 0.491 e. The molecular weight excluding hydrogens is 316 g/mol. The number of aliphatic hydroxyl groups is 1. The third kappa shape index (κ3) is 4.27. The first-order valence-electron chi connectivity index (χ1n) is 8.63. The number of β-amino-alcohol motifs (C(OH)–C–C–N with tert-alkyl or cyclic N) is 1. The van der Waals surface area contributed by atoms with Gasteiger partial charge in [-0.05, 0) is 18.6 Å². The van der Waals surface area contributed by atoms with Crippen molar-refractivity contribution in [3.8, 4) is 5.75 Å². The fraction of sp³-hybridized carbons (Fsp3) is 0.474. The minimum Gasteiger partial charge on any atom is -0.491 e. The predicted octanol–water partition coefficient (Wildman–Crippen LogP) is 1.65. The third-order valence-electron chi connectivity index (χ3n) is 4.48. The summed E-state index contributed by atoms with van der Waals surface area (Å²) in [7, 11) is 3.98. The van der Waals surface area contributed by atoms with Gasteiger partial charge in [0.2, 0.25) is 0 Å². The highest BCUT2D eigenvalue weighted by molar-refractivity contribution is 5.48. The summed E-state index contributed by atoms with van der Waals surface area (Å²) in [6.07, 6.45) is 1.98. The Morgan fingerprint density at radius 2 is 2.08 bits per heavy atom. The minimum absolute atomic E-state index is 0.292. The molecule has 134 valence electrons. The lowest BCUT2D eigenvalue weighted by atomic mass is 10.1. The number of hydrogen-bond acceptors (Lipinski definition) is 6. The number of hydrogen-bond donors (Lipinski definition) is 1. The van der Waals surface area contributed by atoms with E-state index in [1.807, 2.05) is 50.2 Å². The fourth-order valence-corrected chi connectivity index (χ4v) is 3.18. The maximum atomic E-state index is 10.4. The van der Waals surface area contributed by atoms with Crippen LogP contribution < -0.4 is 9.64 Å². The molecule has 0 fully saturated rings. The maximum Gasteiger partial charge on any atom is 0.136 e. The Kier molecular flexibility index (Phi) is 5.50. The Bertz CT molecular complexity index is 720. The van der Waals surface area contributed by atoms with Crippen LogP contribution in [0.25, 0.3) is 0 Å². The van der Waals surface area contributed by atoms with Crippen LogP contribution in [0.1, 0.15) is 16.8 Å². The second-order valence-electron chi connectivity index (χ2n) is 6.73. The summed E-state index contributed by atoms with van der Waals surface area (Å²) < 4.78 is 5.76. The SMILES string of the molecule is Cc1ccccc1OC[C@@H](O)CN1CCc2ncnc(N(C)C)c2C1. The molecule has 0 amide bonds. The average Bonchev–Trinajstić information content (AvgIpc) is 2.60. The lowest BCUT2D eigenvalue weighted by molar-refractivity contribution is 0.0633. The molecule has 1 atom stereocenters. The van der Waals surface area contributed by atoms with E-state index in [4.69, 9.17) is 4.74 Å². The van der Waals surface area contributed by atoms with Gasteiger partial charge in [0.1, 0.15) is 30.6 Å². The van der Waals surface area contributed by atoms with Crippen molar-refractivity contribution >= 4 is 5.82 Å². The van der Waals surface area contributed by atoms with E-state index < -0.39 is 6.10 Å². The zero-order valence-corrected chi connectivity index (χ0v) is 15.1. The number of benzene rings is 1. The average molecular weight is 342 g/mol. The van der Waals surface area contributed by atoms with Crippen LogP contribution >= 0.6 is 0 Å². The van der Waals surface area contributed by atoms with E-state index in [-0.39, 0.29) is 0 Å². The Labute approximate surface area is 149 Å². The zero-order chi connectivity index (χ0) is 17.8. The van der Waals surface area contributed by atoms with Crippen molar-refractivity contribution in [1.29, 1.82) is 0 Å². The zero-order valence-electron chi connectivity index (χ0n) is 15.1. The smallest absolute Gasteiger partial charge is 0.136 e. The van der Waals surface area contributed by atoms with Crippen molar-refractivity contribution in [1.82, 2.24) is 14.9 Å². The molecular formula is C19H26N4O2. The lowest BCUT2D eigenvalue weighted by Crippen LogP contribution is -2.39. The first-order chi connectivity index (χ1) is 12.0. The van der Waals surface area contributed by atoms with Crippen molar-refractivity contribution in [3.63, 3.8) is 0 Å². The standard InChI is InChI=1S/C19H26N4O2/c1-14-6-4-5-7-18(14)25-12-15(24)10-23-9-8-17-16(11-23)19(22(2)3)21-13-20-17/h4-7,13,15,24H,8-12H2,1-3H3/t15-/m0/s1. The second kappa shape index (κ2) is 7.80. The van der Waals surface area contributed by atoms with Gasteiger partial charge >= 0.3 is 0 Å². The van der Waals surface area contributed by atoms with Crippen LogP contribution in [0.5, 0.6) is 5.75 Å². The molecule has 0 saturated carbocycles. The van der Waals surface area contributed by atoms with Crippen LogP contribution in [0.15, 0.2) is 30.6 Å². The summed E-state index contributed by atoms with van der Waals surface area (Å²) in [4.78, 5) is 13.1. The summed E-state index contributed by atoms with van der Waals surface area (Å²) in [6, 6.07) is 7.86. The molecule has 25 heavy (non-hydrogen) atoms. The van der Waals surface area contributed by atoms with E-state index in [1.165, 1.54) is 0 Å². The summed E-state index contributed by atoms with van der Waals surface area (Å²) in [5.41, 5.74) is 3.35. The molecule has 0 spiro atoms. The molecule has 6 nitrogen and oxygen atoms in total. The van der Waals surface area contributed by atoms with E-state index >= 15 is 0 Å². The van der Waals surface area contributed by atoms with Gasteiger partial charge in [-0.2, -0.15) is 0 Å². The molecule has 2 aromatic rings. The van der Waals surface area contributed by atoms with Crippen molar-refractivity contribution in [3.05, 3.63) is 47.4 Å². The highest BCUT2D eigenvalue weighted by atomic mass is 16.5. The Morgan fingerprint density at radius 3 is 2.84 bits per heavy atom. The normalized spacial score (nSPS) is 15.5. The molecule has 1 aliphatic rings.